The van der Waals surface area contributed by atoms with Gasteiger partial charge in [-0.2, -0.15) is 0 Å². The summed E-state index contributed by atoms with van der Waals surface area (Å²) in [4.78, 5) is 32.1. The van der Waals surface area contributed by atoms with Crippen molar-refractivity contribution in [2.24, 2.45) is 5.41 Å². The molecule has 2 amide bonds. The molecule has 1 aliphatic heterocycles. The SMILES string of the molecule is CN(CC(=O)N[C@@H]1CC(=O)N(CC(C)(C)C)C1)Cc1ccncc1. The second kappa shape index (κ2) is 7.75. The monoisotopic (exact) mass is 332 g/mol. The van der Waals surface area contributed by atoms with E-state index in [-0.39, 0.29) is 23.3 Å². The van der Waals surface area contributed by atoms with Crippen LogP contribution in [0.3, 0.4) is 0 Å². The Morgan fingerprint density at radius 3 is 2.67 bits per heavy atom. The number of amides is 2. The fraction of sp³-hybridized carbons (Fsp3) is 0.611. The van der Waals surface area contributed by atoms with Crippen LogP contribution in [0.5, 0.6) is 0 Å². The number of hydrogen-bond donors (Lipinski definition) is 1. The fourth-order valence-electron chi connectivity index (χ4n) is 2.97. The van der Waals surface area contributed by atoms with Crippen molar-refractivity contribution in [3.63, 3.8) is 0 Å². The summed E-state index contributed by atoms with van der Waals surface area (Å²) in [5.74, 6) is 0.0855. The average molecular weight is 332 g/mol. The minimum absolute atomic E-state index is 0.0398. The van der Waals surface area contributed by atoms with Crippen LogP contribution in [0.25, 0.3) is 0 Å². The normalized spacial score (nSPS) is 18.3. The highest BCUT2D eigenvalue weighted by atomic mass is 16.2. The Balaban J connectivity index is 1.77. The van der Waals surface area contributed by atoms with Gasteiger partial charge in [-0.1, -0.05) is 20.8 Å². The first-order chi connectivity index (χ1) is 11.2. The summed E-state index contributed by atoms with van der Waals surface area (Å²) >= 11 is 0. The predicted molar refractivity (Wildman–Crippen MR) is 93.2 cm³/mol. The van der Waals surface area contributed by atoms with Crippen molar-refractivity contribution in [1.29, 1.82) is 0 Å². The topological polar surface area (TPSA) is 65.5 Å². The van der Waals surface area contributed by atoms with E-state index in [9.17, 15) is 9.59 Å². The summed E-state index contributed by atoms with van der Waals surface area (Å²) in [6.07, 6.45) is 3.89. The van der Waals surface area contributed by atoms with E-state index in [2.05, 4.69) is 31.1 Å². The summed E-state index contributed by atoms with van der Waals surface area (Å²) in [7, 11) is 1.91. The molecule has 0 aliphatic carbocycles. The zero-order valence-electron chi connectivity index (χ0n) is 15.1. The minimum atomic E-state index is -0.0818. The molecule has 24 heavy (non-hydrogen) atoms. The molecule has 1 fully saturated rings. The zero-order chi connectivity index (χ0) is 17.7. The Morgan fingerprint density at radius 1 is 1.38 bits per heavy atom. The van der Waals surface area contributed by atoms with Gasteiger partial charge in [-0.3, -0.25) is 19.5 Å². The van der Waals surface area contributed by atoms with Crippen molar-refractivity contribution in [1.82, 2.24) is 20.1 Å². The first kappa shape index (κ1) is 18.4. The second-order valence-electron chi connectivity index (χ2n) is 7.83. The number of carbonyl (C=O) groups is 2. The van der Waals surface area contributed by atoms with Gasteiger partial charge in [0, 0.05) is 38.4 Å². The summed E-state index contributed by atoms with van der Waals surface area (Å²) in [6.45, 7) is 8.67. The number of nitrogens with one attached hydrogen (secondary N) is 1. The van der Waals surface area contributed by atoms with Crippen LogP contribution >= 0.6 is 0 Å². The van der Waals surface area contributed by atoms with Crippen LogP contribution in [0, 0.1) is 5.41 Å². The molecule has 0 aromatic carbocycles. The first-order valence-electron chi connectivity index (χ1n) is 8.37. The van der Waals surface area contributed by atoms with E-state index < -0.39 is 0 Å². The Kier molecular flexibility index (Phi) is 5.94. The Hall–Kier alpha value is -1.95. The molecule has 6 heteroatoms. The number of nitrogens with zero attached hydrogens (tertiary/aromatic N) is 3. The van der Waals surface area contributed by atoms with E-state index in [1.54, 1.807) is 12.4 Å². The molecular formula is C18H28N4O2. The number of likely N-dealkylation sites (N-methyl/N-ethyl adjacent to an activating group) is 1. The quantitative estimate of drug-likeness (QED) is 0.852. The van der Waals surface area contributed by atoms with Crippen molar-refractivity contribution in [2.45, 2.75) is 39.8 Å². The van der Waals surface area contributed by atoms with Crippen molar-refractivity contribution >= 4 is 11.8 Å². The van der Waals surface area contributed by atoms with Gasteiger partial charge >= 0.3 is 0 Å². The van der Waals surface area contributed by atoms with E-state index in [1.165, 1.54) is 0 Å². The highest BCUT2D eigenvalue weighted by Gasteiger charge is 2.32. The summed E-state index contributed by atoms with van der Waals surface area (Å²) in [6, 6.07) is 3.80. The summed E-state index contributed by atoms with van der Waals surface area (Å²) < 4.78 is 0. The van der Waals surface area contributed by atoms with Crippen molar-refractivity contribution in [2.75, 3.05) is 26.7 Å². The van der Waals surface area contributed by atoms with Crippen molar-refractivity contribution < 1.29 is 9.59 Å². The van der Waals surface area contributed by atoms with Crippen LogP contribution in [0.15, 0.2) is 24.5 Å². The smallest absolute Gasteiger partial charge is 0.234 e. The second-order valence-corrected chi connectivity index (χ2v) is 7.83. The van der Waals surface area contributed by atoms with Gasteiger partial charge in [-0.15, -0.1) is 0 Å². The maximum absolute atomic E-state index is 12.2. The maximum atomic E-state index is 12.2. The molecule has 1 atom stereocenters. The van der Waals surface area contributed by atoms with Gasteiger partial charge in [0.25, 0.3) is 0 Å². The van der Waals surface area contributed by atoms with Gasteiger partial charge in [0.15, 0.2) is 0 Å². The lowest BCUT2D eigenvalue weighted by Crippen LogP contribution is -2.42. The molecule has 1 saturated heterocycles. The number of rotatable bonds is 6. The van der Waals surface area contributed by atoms with Crippen LogP contribution in [-0.2, 0) is 16.1 Å². The van der Waals surface area contributed by atoms with E-state index in [4.69, 9.17) is 0 Å². The Morgan fingerprint density at radius 2 is 2.04 bits per heavy atom. The van der Waals surface area contributed by atoms with Gasteiger partial charge in [-0.25, -0.2) is 0 Å². The number of carbonyl (C=O) groups excluding carboxylic acids is 2. The van der Waals surface area contributed by atoms with Crippen LogP contribution in [0.1, 0.15) is 32.8 Å². The standard InChI is InChI=1S/C18H28N4O2/c1-18(2,3)13-22-11-15(9-17(22)24)20-16(23)12-21(4)10-14-5-7-19-8-6-14/h5-8,15H,9-13H2,1-4H3,(H,20,23)/t15-/m1/s1. The predicted octanol–water partition coefficient (Wildman–Crippen LogP) is 1.28. The number of likely N-dealkylation sites (tertiary alicyclic amines) is 1. The van der Waals surface area contributed by atoms with Crippen molar-refractivity contribution in [3.8, 4) is 0 Å². The van der Waals surface area contributed by atoms with Gasteiger partial charge in [-0.05, 0) is 30.2 Å². The lowest BCUT2D eigenvalue weighted by Gasteiger charge is -2.26. The number of pyridine rings is 1. The first-order valence-corrected chi connectivity index (χ1v) is 8.37. The van der Waals surface area contributed by atoms with Gasteiger partial charge in [0.1, 0.15) is 0 Å². The average Bonchev–Trinajstić information content (AvgIpc) is 2.77. The molecule has 0 bridgehead atoms. The Bertz CT molecular complexity index is 568. The van der Waals surface area contributed by atoms with Crippen LogP contribution < -0.4 is 5.32 Å². The minimum Gasteiger partial charge on any atom is -0.350 e. The van der Waals surface area contributed by atoms with Gasteiger partial charge in [0.05, 0.1) is 12.6 Å². The van der Waals surface area contributed by atoms with E-state index in [1.807, 2.05) is 29.0 Å². The molecule has 0 radical (unpaired) electrons. The third-order valence-corrected chi connectivity index (χ3v) is 3.86. The molecular weight excluding hydrogens is 304 g/mol. The molecule has 6 nitrogen and oxygen atoms in total. The third kappa shape index (κ3) is 5.92. The van der Waals surface area contributed by atoms with E-state index in [0.717, 1.165) is 12.1 Å². The molecule has 1 N–H and O–H groups in total. The van der Waals surface area contributed by atoms with Crippen LogP contribution in [0.4, 0.5) is 0 Å². The zero-order valence-corrected chi connectivity index (χ0v) is 15.1. The highest BCUT2D eigenvalue weighted by molar-refractivity contribution is 5.83. The lowest BCUT2D eigenvalue weighted by atomic mass is 9.96. The van der Waals surface area contributed by atoms with Gasteiger partial charge < -0.3 is 10.2 Å². The molecule has 0 saturated carbocycles. The van der Waals surface area contributed by atoms with E-state index >= 15 is 0 Å². The molecule has 1 aliphatic rings. The number of aromatic nitrogens is 1. The molecule has 0 spiro atoms. The lowest BCUT2D eigenvalue weighted by molar-refractivity contribution is -0.128. The van der Waals surface area contributed by atoms with Crippen LogP contribution in [-0.4, -0.2) is 59.3 Å². The molecule has 0 unspecified atom stereocenters. The Labute approximate surface area is 144 Å². The highest BCUT2D eigenvalue weighted by Crippen LogP contribution is 2.20. The fourth-order valence-corrected chi connectivity index (χ4v) is 2.97. The molecule has 132 valence electrons. The maximum Gasteiger partial charge on any atom is 0.234 e. The third-order valence-electron chi connectivity index (χ3n) is 3.86. The molecule has 2 heterocycles. The number of hydrogen-bond acceptors (Lipinski definition) is 4. The largest absolute Gasteiger partial charge is 0.350 e. The molecule has 1 aromatic heterocycles. The summed E-state index contributed by atoms with van der Waals surface area (Å²) in [5, 5.41) is 2.99. The molecule has 2 rings (SSSR count). The van der Waals surface area contributed by atoms with Gasteiger partial charge in [0.2, 0.25) is 11.8 Å². The molecule has 1 aromatic rings. The van der Waals surface area contributed by atoms with E-state index in [0.29, 0.717) is 26.1 Å². The van der Waals surface area contributed by atoms with Crippen molar-refractivity contribution in [3.05, 3.63) is 30.1 Å². The van der Waals surface area contributed by atoms with Crippen LogP contribution in [0.2, 0.25) is 0 Å². The summed E-state index contributed by atoms with van der Waals surface area (Å²) in [5.41, 5.74) is 1.19.